The molecule has 0 aliphatic carbocycles. The van der Waals surface area contributed by atoms with E-state index in [2.05, 4.69) is 10.5 Å². The first-order valence-corrected chi connectivity index (χ1v) is 6.93. The predicted octanol–water partition coefficient (Wildman–Crippen LogP) is 2.71. The third-order valence-corrected chi connectivity index (χ3v) is 3.98. The van der Waals surface area contributed by atoms with Crippen molar-refractivity contribution in [1.82, 2.24) is 10.5 Å². The Morgan fingerprint density at radius 3 is 3.00 bits per heavy atom. The Kier molecular flexibility index (Phi) is 3.15. The van der Waals surface area contributed by atoms with Gasteiger partial charge in [-0.15, -0.1) is 11.3 Å². The number of hydrogen-bond acceptors (Lipinski definition) is 5. The first-order chi connectivity index (χ1) is 9.61. The monoisotopic (exact) mass is 287 g/mol. The zero-order valence-corrected chi connectivity index (χ0v) is 11.7. The summed E-state index contributed by atoms with van der Waals surface area (Å²) in [5.41, 5.74) is 7.22. The lowest BCUT2D eigenvalue weighted by Gasteiger charge is -1.99. The van der Waals surface area contributed by atoms with Crippen LogP contribution in [0.4, 0.5) is 5.69 Å². The summed E-state index contributed by atoms with van der Waals surface area (Å²) in [6.07, 6.45) is 0. The van der Waals surface area contributed by atoms with Crippen LogP contribution in [0.3, 0.4) is 0 Å². The molecule has 6 heteroatoms. The van der Waals surface area contributed by atoms with Crippen molar-refractivity contribution in [2.75, 3.05) is 5.73 Å². The SMILES string of the molecule is Cc1cc(CNC(=O)c2cc3cc(N)ccc3s2)on1. The van der Waals surface area contributed by atoms with Crippen LogP contribution >= 0.6 is 11.3 Å². The van der Waals surface area contributed by atoms with E-state index in [1.54, 1.807) is 6.07 Å². The zero-order chi connectivity index (χ0) is 14.1. The number of fused-ring (bicyclic) bond motifs is 1. The van der Waals surface area contributed by atoms with Gasteiger partial charge >= 0.3 is 0 Å². The summed E-state index contributed by atoms with van der Waals surface area (Å²) < 4.78 is 6.09. The van der Waals surface area contributed by atoms with Gasteiger partial charge in [0, 0.05) is 16.5 Å². The predicted molar refractivity (Wildman–Crippen MR) is 78.6 cm³/mol. The highest BCUT2D eigenvalue weighted by Crippen LogP contribution is 2.27. The average molecular weight is 287 g/mol. The number of nitrogens with zero attached hydrogens (tertiary/aromatic N) is 1. The van der Waals surface area contributed by atoms with Crippen LogP contribution in [0.1, 0.15) is 21.1 Å². The minimum absolute atomic E-state index is 0.126. The molecule has 5 nitrogen and oxygen atoms in total. The van der Waals surface area contributed by atoms with Gasteiger partial charge in [0.05, 0.1) is 17.1 Å². The van der Waals surface area contributed by atoms with Gasteiger partial charge in [-0.05, 0) is 36.6 Å². The molecule has 0 fully saturated rings. The molecule has 2 aromatic heterocycles. The lowest BCUT2D eigenvalue weighted by atomic mass is 10.2. The second-order valence-electron chi connectivity index (χ2n) is 4.53. The van der Waals surface area contributed by atoms with Gasteiger partial charge in [-0.25, -0.2) is 0 Å². The molecular weight excluding hydrogens is 274 g/mol. The first kappa shape index (κ1) is 12.7. The Morgan fingerprint density at radius 1 is 1.40 bits per heavy atom. The number of aryl methyl sites for hydroxylation is 1. The molecule has 0 saturated carbocycles. The topological polar surface area (TPSA) is 81.2 Å². The van der Waals surface area contributed by atoms with E-state index in [-0.39, 0.29) is 5.91 Å². The number of nitrogen functional groups attached to an aromatic ring is 1. The second-order valence-corrected chi connectivity index (χ2v) is 5.61. The first-order valence-electron chi connectivity index (χ1n) is 6.11. The molecule has 102 valence electrons. The largest absolute Gasteiger partial charge is 0.399 e. The number of carbonyl (C=O) groups is 1. The minimum atomic E-state index is -0.126. The molecule has 0 aliphatic heterocycles. The molecule has 1 amide bonds. The minimum Gasteiger partial charge on any atom is -0.399 e. The van der Waals surface area contributed by atoms with Crippen LogP contribution in [-0.4, -0.2) is 11.1 Å². The lowest BCUT2D eigenvalue weighted by molar-refractivity contribution is 0.0951. The number of amides is 1. The van der Waals surface area contributed by atoms with Crippen molar-refractivity contribution in [2.24, 2.45) is 0 Å². The number of rotatable bonds is 3. The van der Waals surface area contributed by atoms with E-state index in [0.29, 0.717) is 22.9 Å². The van der Waals surface area contributed by atoms with Crippen molar-refractivity contribution in [3.63, 3.8) is 0 Å². The molecular formula is C14H13N3O2S. The normalized spacial score (nSPS) is 10.8. The Labute approximate surface area is 119 Å². The standard InChI is InChI=1S/C14H13N3O2S/c1-8-4-11(19-17-8)7-16-14(18)13-6-9-5-10(15)2-3-12(9)20-13/h2-6H,7,15H2,1H3,(H,16,18). The van der Waals surface area contributed by atoms with Gasteiger partial charge in [-0.3, -0.25) is 4.79 Å². The van der Waals surface area contributed by atoms with Crippen molar-refractivity contribution in [3.05, 3.63) is 46.7 Å². The fourth-order valence-corrected chi connectivity index (χ4v) is 2.89. The molecule has 3 aromatic rings. The Morgan fingerprint density at radius 2 is 2.25 bits per heavy atom. The molecule has 0 radical (unpaired) electrons. The van der Waals surface area contributed by atoms with Crippen LogP contribution in [0, 0.1) is 6.92 Å². The Bertz CT molecular complexity index is 776. The van der Waals surface area contributed by atoms with E-state index in [4.69, 9.17) is 10.3 Å². The number of benzene rings is 1. The molecule has 0 spiro atoms. The summed E-state index contributed by atoms with van der Waals surface area (Å²) >= 11 is 1.44. The highest BCUT2D eigenvalue weighted by Gasteiger charge is 2.11. The van der Waals surface area contributed by atoms with E-state index in [1.807, 2.05) is 31.2 Å². The van der Waals surface area contributed by atoms with E-state index in [9.17, 15) is 4.79 Å². The molecule has 0 saturated heterocycles. The molecule has 0 bridgehead atoms. The van der Waals surface area contributed by atoms with Crippen LogP contribution in [0.2, 0.25) is 0 Å². The van der Waals surface area contributed by atoms with Crippen molar-refractivity contribution in [1.29, 1.82) is 0 Å². The molecule has 2 heterocycles. The molecule has 1 aromatic carbocycles. The summed E-state index contributed by atoms with van der Waals surface area (Å²) in [5.74, 6) is 0.514. The summed E-state index contributed by atoms with van der Waals surface area (Å²) in [5, 5.41) is 7.57. The number of nitrogens with two attached hydrogens (primary N) is 1. The average Bonchev–Trinajstić information content (AvgIpc) is 3.01. The smallest absolute Gasteiger partial charge is 0.261 e. The molecule has 3 rings (SSSR count). The Balaban J connectivity index is 1.75. The van der Waals surface area contributed by atoms with Crippen LogP contribution in [0.25, 0.3) is 10.1 Å². The van der Waals surface area contributed by atoms with Gasteiger partial charge in [0.25, 0.3) is 5.91 Å². The number of carbonyl (C=O) groups excluding carboxylic acids is 1. The van der Waals surface area contributed by atoms with Crippen LogP contribution in [-0.2, 0) is 6.54 Å². The number of hydrogen-bond donors (Lipinski definition) is 2. The van der Waals surface area contributed by atoms with Crippen LogP contribution in [0.15, 0.2) is 34.9 Å². The maximum Gasteiger partial charge on any atom is 0.261 e. The highest BCUT2D eigenvalue weighted by atomic mass is 32.1. The lowest BCUT2D eigenvalue weighted by Crippen LogP contribution is -2.21. The zero-order valence-electron chi connectivity index (χ0n) is 10.8. The van der Waals surface area contributed by atoms with Gasteiger partial charge in [-0.2, -0.15) is 0 Å². The van der Waals surface area contributed by atoms with E-state index in [0.717, 1.165) is 15.8 Å². The summed E-state index contributed by atoms with van der Waals surface area (Å²) in [7, 11) is 0. The van der Waals surface area contributed by atoms with E-state index < -0.39 is 0 Å². The quantitative estimate of drug-likeness (QED) is 0.726. The summed E-state index contributed by atoms with van der Waals surface area (Å²) in [6.45, 7) is 2.17. The number of aromatic nitrogens is 1. The molecule has 0 unspecified atom stereocenters. The van der Waals surface area contributed by atoms with Gasteiger partial charge < -0.3 is 15.6 Å². The van der Waals surface area contributed by atoms with Crippen LogP contribution < -0.4 is 11.1 Å². The van der Waals surface area contributed by atoms with Gasteiger partial charge in [0.2, 0.25) is 0 Å². The van der Waals surface area contributed by atoms with Crippen LogP contribution in [0.5, 0.6) is 0 Å². The summed E-state index contributed by atoms with van der Waals surface area (Å²) in [6, 6.07) is 9.26. The van der Waals surface area contributed by atoms with E-state index >= 15 is 0 Å². The summed E-state index contributed by atoms with van der Waals surface area (Å²) in [4.78, 5) is 12.7. The van der Waals surface area contributed by atoms with Gasteiger partial charge in [0.1, 0.15) is 0 Å². The molecule has 3 N–H and O–H groups in total. The van der Waals surface area contributed by atoms with Crippen molar-refractivity contribution in [2.45, 2.75) is 13.5 Å². The molecule has 20 heavy (non-hydrogen) atoms. The molecule has 0 atom stereocenters. The molecule has 0 aliphatic rings. The van der Waals surface area contributed by atoms with Crippen molar-refractivity contribution in [3.8, 4) is 0 Å². The van der Waals surface area contributed by atoms with E-state index in [1.165, 1.54) is 11.3 Å². The highest BCUT2D eigenvalue weighted by molar-refractivity contribution is 7.20. The second kappa shape index (κ2) is 4.97. The maximum atomic E-state index is 12.1. The van der Waals surface area contributed by atoms with Crippen molar-refractivity contribution < 1.29 is 9.32 Å². The van der Waals surface area contributed by atoms with Crippen molar-refractivity contribution >= 4 is 33.0 Å². The fourth-order valence-electron chi connectivity index (χ4n) is 1.93. The third kappa shape index (κ3) is 2.50. The fraction of sp³-hybridized carbons (Fsp3) is 0.143. The third-order valence-electron chi connectivity index (χ3n) is 2.86. The number of nitrogens with one attached hydrogen (secondary N) is 1. The number of anilines is 1. The number of thiophene rings is 1. The maximum absolute atomic E-state index is 12.1. The van der Waals surface area contributed by atoms with Gasteiger partial charge in [-0.1, -0.05) is 5.16 Å². The Hall–Kier alpha value is -2.34. The van der Waals surface area contributed by atoms with Gasteiger partial charge in [0.15, 0.2) is 5.76 Å².